The van der Waals surface area contributed by atoms with E-state index < -0.39 is 0 Å². The van der Waals surface area contributed by atoms with Gasteiger partial charge in [0.25, 0.3) is 0 Å². The smallest absolute Gasteiger partial charge is 0.100 e. The molecule has 0 aromatic carbocycles. The lowest BCUT2D eigenvalue weighted by molar-refractivity contribution is 0.358. The molecule has 2 aliphatic carbocycles. The fourth-order valence-corrected chi connectivity index (χ4v) is 3.06. The second-order valence-electron chi connectivity index (χ2n) is 5.27. The minimum atomic E-state index is 0.415. The Bertz CT molecular complexity index is 433. The number of rotatable bonds is 3. The fourth-order valence-electron chi connectivity index (χ4n) is 3.06. The molecule has 17 heavy (non-hydrogen) atoms. The molecular formula is C13H18N4. The lowest BCUT2D eigenvalue weighted by Crippen LogP contribution is -2.19. The highest BCUT2D eigenvalue weighted by molar-refractivity contribution is 5.21. The summed E-state index contributed by atoms with van der Waals surface area (Å²) >= 11 is 0. The molecular weight excluding hydrogens is 212 g/mol. The zero-order valence-electron chi connectivity index (χ0n) is 10.1. The summed E-state index contributed by atoms with van der Waals surface area (Å²) in [7, 11) is 0. The van der Waals surface area contributed by atoms with Gasteiger partial charge < -0.3 is 0 Å². The molecule has 2 fully saturated rings. The van der Waals surface area contributed by atoms with Gasteiger partial charge in [0.05, 0.1) is 24.2 Å². The summed E-state index contributed by atoms with van der Waals surface area (Å²) in [6.07, 6.45) is 9.30. The van der Waals surface area contributed by atoms with Crippen molar-refractivity contribution in [1.82, 2.24) is 15.0 Å². The van der Waals surface area contributed by atoms with Crippen LogP contribution in [0.25, 0.3) is 0 Å². The first kappa shape index (κ1) is 10.8. The van der Waals surface area contributed by atoms with Gasteiger partial charge in [-0.1, -0.05) is 24.5 Å². The van der Waals surface area contributed by atoms with Crippen molar-refractivity contribution in [2.24, 2.45) is 0 Å². The van der Waals surface area contributed by atoms with E-state index in [9.17, 15) is 0 Å². The molecule has 1 aromatic heterocycles. The Balaban J connectivity index is 1.93. The standard InChI is InChI=1S/C13H18N4/c14-9-8-12-13(10-4-3-5-10)17(16-15-12)11-6-1-2-7-11/h10-11H,1-8H2. The summed E-state index contributed by atoms with van der Waals surface area (Å²) in [6, 6.07) is 2.76. The molecule has 0 radical (unpaired) electrons. The monoisotopic (exact) mass is 230 g/mol. The van der Waals surface area contributed by atoms with Gasteiger partial charge in [-0.15, -0.1) is 5.10 Å². The number of hydrogen-bond donors (Lipinski definition) is 0. The van der Waals surface area contributed by atoms with Crippen LogP contribution < -0.4 is 0 Å². The first-order valence-corrected chi connectivity index (χ1v) is 6.71. The van der Waals surface area contributed by atoms with Crippen molar-refractivity contribution in [3.8, 4) is 6.07 Å². The van der Waals surface area contributed by atoms with E-state index in [2.05, 4.69) is 21.1 Å². The van der Waals surface area contributed by atoms with Gasteiger partial charge in [0, 0.05) is 5.92 Å². The van der Waals surface area contributed by atoms with Gasteiger partial charge in [0.2, 0.25) is 0 Å². The molecule has 2 saturated carbocycles. The maximum Gasteiger partial charge on any atom is 0.100 e. The Morgan fingerprint density at radius 1 is 1.18 bits per heavy atom. The van der Waals surface area contributed by atoms with E-state index in [1.54, 1.807) is 0 Å². The van der Waals surface area contributed by atoms with E-state index in [4.69, 9.17) is 5.26 Å². The van der Waals surface area contributed by atoms with E-state index in [1.165, 1.54) is 50.6 Å². The average Bonchev–Trinajstić information content (AvgIpc) is 2.86. The van der Waals surface area contributed by atoms with Gasteiger partial charge in [0.1, 0.15) is 5.69 Å². The minimum absolute atomic E-state index is 0.415. The highest BCUT2D eigenvalue weighted by Crippen LogP contribution is 2.40. The molecule has 0 spiro atoms. The molecule has 0 aliphatic heterocycles. The minimum Gasteiger partial charge on any atom is -0.246 e. The van der Waals surface area contributed by atoms with Crippen LogP contribution in [0.1, 0.15) is 68.3 Å². The normalized spacial score (nSPS) is 21.4. The summed E-state index contributed by atoms with van der Waals surface area (Å²) in [5, 5.41) is 17.4. The number of hydrogen-bond acceptors (Lipinski definition) is 3. The number of aromatic nitrogens is 3. The summed E-state index contributed by atoms with van der Waals surface area (Å²) in [5.41, 5.74) is 2.22. The topological polar surface area (TPSA) is 54.5 Å². The zero-order chi connectivity index (χ0) is 11.7. The third kappa shape index (κ3) is 1.84. The van der Waals surface area contributed by atoms with Crippen molar-refractivity contribution in [2.45, 2.75) is 63.3 Å². The summed E-state index contributed by atoms with van der Waals surface area (Å²) in [6.45, 7) is 0. The van der Waals surface area contributed by atoms with E-state index in [0.29, 0.717) is 18.4 Å². The lowest BCUT2D eigenvalue weighted by atomic mass is 9.81. The van der Waals surface area contributed by atoms with Crippen LogP contribution in [-0.4, -0.2) is 15.0 Å². The maximum absolute atomic E-state index is 8.86. The molecule has 0 amide bonds. The molecule has 1 heterocycles. The van der Waals surface area contributed by atoms with Crippen LogP contribution in [0, 0.1) is 11.3 Å². The summed E-state index contributed by atoms with van der Waals surface area (Å²) in [5.74, 6) is 0.619. The summed E-state index contributed by atoms with van der Waals surface area (Å²) in [4.78, 5) is 0. The van der Waals surface area contributed by atoms with Crippen LogP contribution in [0.5, 0.6) is 0 Å². The molecule has 4 heteroatoms. The predicted octanol–water partition coefficient (Wildman–Crippen LogP) is 2.73. The van der Waals surface area contributed by atoms with Crippen LogP contribution >= 0.6 is 0 Å². The van der Waals surface area contributed by atoms with Crippen molar-refractivity contribution in [3.63, 3.8) is 0 Å². The third-order valence-electron chi connectivity index (χ3n) is 4.21. The summed E-state index contributed by atoms with van der Waals surface area (Å²) < 4.78 is 2.16. The largest absolute Gasteiger partial charge is 0.246 e. The average molecular weight is 230 g/mol. The van der Waals surface area contributed by atoms with Gasteiger partial charge in [-0.3, -0.25) is 0 Å². The van der Waals surface area contributed by atoms with Crippen molar-refractivity contribution >= 4 is 0 Å². The van der Waals surface area contributed by atoms with Gasteiger partial charge in [-0.05, 0) is 25.7 Å². The maximum atomic E-state index is 8.86. The Morgan fingerprint density at radius 2 is 1.94 bits per heavy atom. The Morgan fingerprint density at radius 3 is 2.53 bits per heavy atom. The van der Waals surface area contributed by atoms with Crippen molar-refractivity contribution in [1.29, 1.82) is 5.26 Å². The van der Waals surface area contributed by atoms with Gasteiger partial charge in [-0.25, -0.2) is 4.68 Å². The van der Waals surface area contributed by atoms with E-state index in [1.807, 2.05) is 0 Å². The lowest BCUT2D eigenvalue weighted by Gasteiger charge is -2.28. The van der Waals surface area contributed by atoms with Crippen LogP contribution in [-0.2, 0) is 6.42 Å². The quantitative estimate of drug-likeness (QED) is 0.802. The molecule has 2 aliphatic rings. The van der Waals surface area contributed by atoms with Crippen molar-refractivity contribution < 1.29 is 0 Å². The van der Waals surface area contributed by atoms with Gasteiger partial charge in [-0.2, -0.15) is 5.26 Å². The number of nitriles is 1. The predicted molar refractivity (Wildman–Crippen MR) is 63.4 cm³/mol. The second kappa shape index (κ2) is 4.48. The van der Waals surface area contributed by atoms with Crippen LogP contribution in [0.3, 0.4) is 0 Å². The molecule has 3 rings (SSSR count). The molecule has 0 atom stereocenters. The number of nitrogens with zero attached hydrogens (tertiary/aromatic N) is 4. The molecule has 4 nitrogen and oxygen atoms in total. The highest BCUT2D eigenvalue weighted by atomic mass is 15.4. The first-order chi connectivity index (χ1) is 8.40. The van der Waals surface area contributed by atoms with E-state index >= 15 is 0 Å². The Hall–Kier alpha value is -1.37. The Kier molecular flexibility index (Phi) is 2.84. The van der Waals surface area contributed by atoms with Gasteiger partial charge in [0.15, 0.2) is 0 Å². The molecule has 0 saturated heterocycles. The van der Waals surface area contributed by atoms with Crippen LogP contribution in [0.4, 0.5) is 0 Å². The fraction of sp³-hybridized carbons (Fsp3) is 0.769. The first-order valence-electron chi connectivity index (χ1n) is 6.71. The van der Waals surface area contributed by atoms with E-state index in [0.717, 1.165) is 5.69 Å². The second-order valence-corrected chi connectivity index (χ2v) is 5.27. The molecule has 1 aromatic rings. The molecule has 0 bridgehead atoms. The SMILES string of the molecule is N#CCc1nnn(C2CCCC2)c1C1CCC1. The Labute approximate surface area is 102 Å². The van der Waals surface area contributed by atoms with Gasteiger partial charge >= 0.3 is 0 Å². The van der Waals surface area contributed by atoms with Crippen LogP contribution in [0.15, 0.2) is 0 Å². The molecule has 0 unspecified atom stereocenters. The molecule has 0 N–H and O–H groups in total. The van der Waals surface area contributed by atoms with E-state index in [-0.39, 0.29) is 0 Å². The van der Waals surface area contributed by atoms with Crippen molar-refractivity contribution in [3.05, 3.63) is 11.4 Å². The van der Waals surface area contributed by atoms with Crippen molar-refractivity contribution in [2.75, 3.05) is 0 Å². The zero-order valence-corrected chi connectivity index (χ0v) is 10.1. The highest BCUT2D eigenvalue weighted by Gasteiger charge is 2.30. The molecule has 90 valence electrons. The third-order valence-corrected chi connectivity index (χ3v) is 4.21. The van der Waals surface area contributed by atoms with Crippen LogP contribution in [0.2, 0.25) is 0 Å².